The van der Waals surface area contributed by atoms with Gasteiger partial charge in [0, 0.05) is 21.5 Å². The highest BCUT2D eigenvalue weighted by Gasteiger charge is 2.13. The number of aromatic nitrogens is 3. The molecule has 130 valence electrons. The van der Waals surface area contributed by atoms with Crippen LogP contribution in [0.1, 0.15) is 22.0 Å². The molecule has 0 spiro atoms. The molecule has 0 aliphatic heterocycles. The molecule has 2 aromatic carbocycles. The van der Waals surface area contributed by atoms with E-state index in [-0.39, 0.29) is 0 Å². The normalized spacial score (nSPS) is 11.0. The summed E-state index contributed by atoms with van der Waals surface area (Å²) in [7, 11) is 0. The van der Waals surface area contributed by atoms with Crippen LogP contribution in [0.2, 0.25) is 5.02 Å². The van der Waals surface area contributed by atoms with E-state index in [1.165, 1.54) is 11.1 Å². The fourth-order valence-corrected chi connectivity index (χ4v) is 3.79. The summed E-state index contributed by atoms with van der Waals surface area (Å²) in [4.78, 5) is 9.19. The Kier molecular flexibility index (Phi) is 4.57. The molecule has 0 bridgehead atoms. The number of rotatable bonds is 4. The smallest absolute Gasteiger partial charge is 0.233 e. The topological polar surface area (TPSA) is 51.8 Å². The molecule has 0 N–H and O–H groups in total. The van der Waals surface area contributed by atoms with E-state index >= 15 is 0 Å². The van der Waals surface area contributed by atoms with Crippen LogP contribution in [-0.2, 0) is 6.42 Å². The van der Waals surface area contributed by atoms with Crippen molar-refractivity contribution in [2.24, 2.45) is 0 Å². The first-order chi connectivity index (χ1) is 12.6. The number of halogens is 1. The third kappa shape index (κ3) is 3.54. The summed E-state index contributed by atoms with van der Waals surface area (Å²) < 4.78 is 5.38. The Balaban J connectivity index is 1.55. The van der Waals surface area contributed by atoms with Gasteiger partial charge in [0.05, 0.1) is 12.1 Å². The third-order valence-electron chi connectivity index (χ3n) is 4.06. The molecule has 0 aliphatic rings. The van der Waals surface area contributed by atoms with E-state index in [0.717, 1.165) is 21.8 Å². The lowest BCUT2D eigenvalue weighted by atomic mass is 10.0. The summed E-state index contributed by atoms with van der Waals surface area (Å²) in [5.74, 6) is 1.08. The van der Waals surface area contributed by atoms with Crippen molar-refractivity contribution in [1.82, 2.24) is 15.1 Å². The summed E-state index contributed by atoms with van der Waals surface area (Å²) in [5.41, 5.74) is 5.45. The Bertz CT molecular complexity index is 1070. The highest BCUT2D eigenvalue weighted by Crippen LogP contribution is 2.27. The molecule has 0 radical (unpaired) electrons. The van der Waals surface area contributed by atoms with Gasteiger partial charge in [0.2, 0.25) is 11.7 Å². The summed E-state index contributed by atoms with van der Waals surface area (Å²) in [6.45, 7) is 4.20. The molecule has 0 aliphatic carbocycles. The minimum absolute atomic E-state index is 0.517. The van der Waals surface area contributed by atoms with Crippen LogP contribution in [0.15, 0.2) is 52.4 Å². The first kappa shape index (κ1) is 16.9. The molecule has 4 rings (SSSR count). The van der Waals surface area contributed by atoms with Crippen molar-refractivity contribution in [1.29, 1.82) is 0 Å². The monoisotopic (exact) mass is 381 g/mol. The second kappa shape index (κ2) is 7.02. The summed E-state index contributed by atoms with van der Waals surface area (Å²) in [5, 5.41) is 7.71. The van der Waals surface area contributed by atoms with Crippen molar-refractivity contribution in [2.45, 2.75) is 20.3 Å². The summed E-state index contributed by atoms with van der Waals surface area (Å²) >= 11 is 7.62. The number of hydrogen-bond acceptors (Lipinski definition) is 5. The minimum atomic E-state index is 0.517. The molecule has 2 heterocycles. The van der Waals surface area contributed by atoms with Crippen LogP contribution >= 0.6 is 22.9 Å². The molecule has 0 saturated heterocycles. The quantitative estimate of drug-likeness (QED) is 0.453. The first-order valence-corrected chi connectivity index (χ1v) is 9.45. The molecule has 0 amide bonds. The SMILES string of the molecule is Cc1ccc(-c2csc(Cc3nc(-c4cccc(Cl)c4)no3)n2)c(C)c1. The lowest BCUT2D eigenvalue weighted by Crippen LogP contribution is -1.89. The average Bonchev–Trinajstić information content (AvgIpc) is 3.25. The van der Waals surface area contributed by atoms with Crippen molar-refractivity contribution < 1.29 is 4.52 Å². The van der Waals surface area contributed by atoms with Crippen molar-refractivity contribution in [2.75, 3.05) is 0 Å². The van der Waals surface area contributed by atoms with Gasteiger partial charge in [-0.3, -0.25) is 0 Å². The van der Waals surface area contributed by atoms with E-state index in [1.807, 2.05) is 24.3 Å². The lowest BCUT2D eigenvalue weighted by molar-refractivity contribution is 0.385. The Hall–Kier alpha value is -2.50. The molecule has 2 aromatic heterocycles. The predicted molar refractivity (Wildman–Crippen MR) is 105 cm³/mol. The van der Waals surface area contributed by atoms with Gasteiger partial charge in [0.1, 0.15) is 5.01 Å². The van der Waals surface area contributed by atoms with Crippen molar-refractivity contribution in [3.05, 3.63) is 74.9 Å². The fraction of sp³-hybridized carbons (Fsp3) is 0.150. The van der Waals surface area contributed by atoms with Crippen LogP contribution < -0.4 is 0 Å². The largest absolute Gasteiger partial charge is 0.339 e. The Labute approximate surface area is 160 Å². The van der Waals surface area contributed by atoms with Crippen LogP contribution in [0.5, 0.6) is 0 Å². The van der Waals surface area contributed by atoms with Gasteiger partial charge in [0.15, 0.2) is 0 Å². The zero-order valence-corrected chi connectivity index (χ0v) is 15.9. The van der Waals surface area contributed by atoms with Gasteiger partial charge in [-0.05, 0) is 31.5 Å². The van der Waals surface area contributed by atoms with Crippen molar-refractivity contribution in [3.63, 3.8) is 0 Å². The number of aryl methyl sites for hydroxylation is 2. The minimum Gasteiger partial charge on any atom is -0.339 e. The zero-order chi connectivity index (χ0) is 18.1. The standard InChI is InChI=1S/C20H16ClN3OS/c1-12-6-7-16(13(2)8-12)17-11-26-19(22-17)10-18-23-20(24-25-18)14-4-3-5-15(21)9-14/h3-9,11H,10H2,1-2H3. The van der Waals surface area contributed by atoms with Crippen molar-refractivity contribution in [3.8, 4) is 22.6 Å². The van der Waals surface area contributed by atoms with E-state index in [2.05, 4.69) is 47.6 Å². The van der Waals surface area contributed by atoms with Crippen LogP contribution in [0.25, 0.3) is 22.6 Å². The average molecular weight is 382 g/mol. The molecule has 26 heavy (non-hydrogen) atoms. The molecule has 4 nitrogen and oxygen atoms in total. The van der Waals surface area contributed by atoms with E-state index in [0.29, 0.717) is 23.2 Å². The van der Waals surface area contributed by atoms with Gasteiger partial charge in [-0.15, -0.1) is 11.3 Å². The number of benzene rings is 2. The van der Waals surface area contributed by atoms with E-state index in [4.69, 9.17) is 21.1 Å². The number of thiazole rings is 1. The predicted octanol–water partition coefficient (Wildman–Crippen LogP) is 5.72. The first-order valence-electron chi connectivity index (χ1n) is 8.19. The van der Waals surface area contributed by atoms with E-state index < -0.39 is 0 Å². The summed E-state index contributed by atoms with van der Waals surface area (Å²) in [6, 6.07) is 13.8. The maximum absolute atomic E-state index is 6.02. The third-order valence-corrected chi connectivity index (χ3v) is 5.15. The molecule has 4 aromatic rings. The van der Waals surface area contributed by atoms with Crippen LogP contribution in [-0.4, -0.2) is 15.1 Å². The maximum Gasteiger partial charge on any atom is 0.233 e. The van der Waals surface area contributed by atoms with Gasteiger partial charge >= 0.3 is 0 Å². The Morgan fingerprint density at radius 1 is 1.08 bits per heavy atom. The zero-order valence-electron chi connectivity index (χ0n) is 14.4. The molecule has 6 heteroatoms. The number of nitrogens with zero attached hydrogens (tertiary/aromatic N) is 3. The molecular formula is C20H16ClN3OS. The van der Waals surface area contributed by atoms with Crippen LogP contribution in [0, 0.1) is 13.8 Å². The van der Waals surface area contributed by atoms with Gasteiger partial charge in [-0.1, -0.05) is 52.7 Å². The molecule has 0 unspecified atom stereocenters. The lowest BCUT2D eigenvalue weighted by Gasteiger charge is -2.03. The van der Waals surface area contributed by atoms with Gasteiger partial charge in [-0.2, -0.15) is 4.98 Å². The van der Waals surface area contributed by atoms with E-state index in [1.54, 1.807) is 11.3 Å². The second-order valence-electron chi connectivity index (χ2n) is 6.14. The maximum atomic E-state index is 6.02. The molecular weight excluding hydrogens is 366 g/mol. The molecule has 0 atom stereocenters. The van der Waals surface area contributed by atoms with Gasteiger partial charge < -0.3 is 4.52 Å². The number of hydrogen-bond donors (Lipinski definition) is 0. The Morgan fingerprint density at radius 3 is 2.77 bits per heavy atom. The molecule has 0 saturated carbocycles. The molecule has 0 fully saturated rings. The van der Waals surface area contributed by atoms with Gasteiger partial charge in [-0.25, -0.2) is 4.98 Å². The van der Waals surface area contributed by atoms with Crippen molar-refractivity contribution >= 4 is 22.9 Å². The second-order valence-corrected chi connectivity index (χ2v) is 7.52. The Morgan fingerprint density at radius 2 is 1.96 bits per heavy atom. The highest BCUT2D eigenvalue weighted by molar-refractivity contribution is 7.10. The van der Waals surface area contributed by atoms with Gasteiger partial charge in [0.25, 0.3) is 0 Å². The van der Waals surface area contributed by atoms with E-state index in [9.17, 15) is 0 Å². The summed E-state index contributed by atoms with van der Waals surface area (Å²) in [6.07, 6.45) is 0.517. The van der Waals surface area contributed by atoms with Crippen LogP contribution in [0.4, 0.5) is 0 Å². The van der Waals surface area contributed by atoms with Crippen LogP contribution in [0.3, 0.4) is 0 Å². The fourth-order valence-electron chi connectivity index (χ4n) is 2.82. The highest BCUT2D eigenvalue weighted by atomic mass is 35.5.